The molecule has 10 atom stereocenters. The van der Waals surface area contributed by atoms with Crippen molar-refractivity contribution in [2.24, 2.45) is 56.7 Å². The maximum atomic E-state index is 14.8. The molecular formula is C53H78FNO5S. The van der Waals surface area contributed by atoms with Crippen LogP contribution >= 0.6 is 0 Å². The average molecular weight is 860 g/mol. The van der Waals surface area contributed by atoms with Gasteiger partial charge in [0, 0.05) is 11.8 Å². The van der Waals surface area contributed by atoms with E-state index in [0.717, 1.165) is 31.4 Å². The number of ether oxygens (including phenoxy) is 1. The van der Waals surface area contributed by atoms with Crippen LogP contribution in [0.3, 0.4) is 0 Å². The quantitative estimate of drug-likeness (QED) is 0.170. The molecule has 7 aliphatic rings. The number of halogens is 1. The number of nitrogens with one attached hydrogen (secondary N) is 1. The molecular weight excluding hydrogens is 782 g/mol. The number of allylic oxidation sites excluding steroid dienone is 5. The van der Waals surface area contributed by atoms with Crippen LogP contribution in [0.2, 0.25) is 0 Å². The summed E-state index contributed by atoms with van der Waals surface area (Å²) in [4.78, 5) is 13.4. The van der Waals surface area contributed by atoms with Crippen molar-refractivity contribution in [2.75, 3.05) is 19.5 Å². The second-order valence-corrected chi connectivity index (χ2v) is 25.6. The summed E-state index contributed by atoms with van der Waals surface area (Å²) in [6.07, 6.45) is 21.3. The van der Waals surface area contributed by atoms with E-state index in [9.17, 15) is 22.7 Å². The van der Waals surface area contributed by atoms with E-state index in [0.29, 0.717) is 81.0 Å². The van der Waals surface area contributed by atoms with Gasteiger partial charge in [0.15, 0.2) is 0 Å². The fourth-order valence-electron chi connectivity index (χ4n) is 16.3. The largest absolute Gasteiger partial charge is 0.460 e. The lowest BCUT2D eigenvalue weighted by Gasteiger charge is -2.72. The molecule has 0 aromatic heterocycles. The zero-order valence-corrected chi connectivity index (χ0v) is 39.5. The molecule has 0 saturated heterocycles. The number of benzene rings is 1. The van der Waals surface area contributed by atoms with Gasteiger partial charge in [-0.25, -0.2) is 12.8 Å². The third-order valence-electron chi connectivity index (χ3n) is 20.0. The summed E-state index contributed by atoms with van der Waals surface area (Å²) in [5.41, 5.74) is 3.72. The van der Waals surface area contributed by atoms with Crippen molar-refractivity contribution >= 4 is 15.8 Å². The molecule has 2 N–H and O–H groups in total. The zero-order chi connectivity index (χ0) is 43.9. The molecule has 338 valence electrons. The molecule has 8 rings (SSSR count). The predicted molar refractivity (Wildman–Crippen MR) is 244 cm³/mol. The van der Waals surface area contributed by atoms with E-state index >= 15 is 0 Å². The fraction of sp³-hybridized carbons (Fsp3) is 0.755. The Hall–Kier alpha value is -2.29. The van der Waals surface area contributed by atoms with Crippen molar-refractivity contribution < 1.29 is 27.4 Å². The van der Waals surface area contributed by atoms with E-state index in [2.05, 4.69) is 65.6 Å². The first-order chi connectivity index (χ1) is 28.7. The molecule has 0 heterocycles. The summed E-state index contributed by atoms with van der Waals surface area (Å²) >= 11 is 0. The highest BCUT2D eigenvalue weighted by molar-refractivity contribution is 7.91. The fourth-order valence-corrected chi connectivity index (χ4v) is 17.4. The maximum Gasteiger partial charge on any atom is 0.315 e. The number of carbonyl (C=O) groups excluding carboxylic acids is 1. The summed E-state index contributed by atoms with van der Waals surface area (Å²) in [6.45, 7) is 20.1. The molecule has 1 aromatic carbocycles. The van der Waals surface area contributed by atoms with Gasteiger partial charge in [-0.2, -0.15) is 0 Å². The summed E-state index contributed by atoms with van der Waals surface area (Å²) in [5.74, 6) is 2.39. The minimum Gasteiger partial charge on any atom is -0.460 e. The molecule has 0 radical (unpaired) electrons. The molecule has 61 heavy (non-hydrogen) atoms. The van der Waals surface area contributed by atoms with Crippen LogP contribution in [0.25, 0.3) is 0 Å². The van der Waals surface area contributed by atoms with Crippen LogP contribution in [0.15, 0.2) is 65.8 Å². The second-order valence-electron chi connectivity index (χ2n) is 23.2. The van der Waals surface area contributed by atoms with Crippen LogP contribution in [0, 0.1) is 56.7 Å². The SMILES string of the molecule is C=C(C)[C@@H]1CC[C@]2(NCCC3(O)CCC(S(C)(=O)=O)CC3)CC[C@]3(C)[C@H](CC[C@@H]4[C@@]5(C)CC=C(C6=CC[C@@](CF)(C(=O)OCc7ccccc7)CC6)C(C)(C)[C@@H]5CC[C@]43C)[C@@H]12. The predicted octanol–water partition coefficient (Wildman–Crippen LogP) is 11.4. The summed E-state index contributed by atoms with van der Waals surface area (Å²) in [5, 5.41) is 15.5. The maximum absolute atomic E-state index is 14.8. The van der Waals surface area contributed by atoms with Gasteiger partial charge in [-0.05, 0) is 191 Å². The smallest absolute Gasteiger partial charge is 0.315 e. The number of aliphatic hydroxyl groups is 1. The van der Waals surface area contributed by atoms with Gasteiger partial charge < -0.3 is 15.2 Å². The Balaban J connectivity index is 0.987. The molecule has 5 saturated carbocycles. The lowest BCUT2D eigenvalue weighted by molar-refractivity contribution is -0.221. The van der Waals surface area contributed by atoms with Gasteiger partial charge in [-0.3, -0.25) is 4.79 Å². The molecule has 5 fully saturated rings. The van der Waals surface area contributed by atoms with Crippen molar-refractivity contribution in [3.8, 4) is 0 Å². The van der Waals surface area contributed by atoms with Gasteiger partial charge in [0.25, 0.3) is 0 Å². The molecule has 6 nitrogen and oxygen atoms in total. The van der Waals surface area contributed by atoms with Gasteiger partial charge in [-0.1, -0.05) is 89.3 Å². The lowest BCUT2D eigenvalue weighted by atomic mass is 9.33. The molecule has 8 heteroatoms. The number of fused-ring (bicyclic) bond motifs is 7. The minimum atomic E-state index is -3.07. The van der Waals surface area contributed by atoms with E-state index in [4.69, 9.17) is 4.74 Å². The number of rotatable bonds is 11. The minimum absolute atomic E-state index is 0.0301. The number of carbonyl (C=O) groups is 1. The summed E-state index contributed by atoms with van der Waals surface area (Å²) in [7, 11) is -3.07. The third kappa shape index (κ3) is 7.48. The van der Waals surface area contributed by atoms with Crippen LogP contribution in [-0.4, -0.2) is 55.4 Å². The van der Waals surface area contributed by atoms with Crippen molar-refractivity contribution in [2.45, 2.75) is 174 Å². The van der Waals surface area contributed by atoms with Crippen molar-refractivity contribution in [3.63, 3.8) is 0 Å². The van der Waals surface area contributed by atoms with Gasteiger partial charge in [0.05, 0.1) is 16.3 Å². The van der Waals surface area contributed by atoms with Gasteiger partial charge in [-0.15, -0.1) is 0 Å². The normalized spacial score (nSPS) is 43.1. The molecule has 0 unspecified atom stereocenters. The van der Waals surface area contributed by atoms with E-state index in [-0.39, 0.29) is 39.1 Å². The van der Waals surface area contributed by atoms with Gasteiger partial charge >= 0.3 is 5.97 Å². The summed E-state index contributed by atoms with van der Waals surface area (Å²) in [6, 6.07) is 9.65. The van der Waals surface area contributed by atoms with Crippen LogP contribution in [0.5, 0.6) is 0 Å². The Morgan fingerprint density at radius 2 is 1.59 bits per heavy atom. The average Bonchev–Trinajstić information content (AvgIpc) is 3.60. The van der Waals surface area contributed by atoms with Gasteiger partial charge in [0.2, 0.25) is 0 Å². The Morgan fingerprint density at radius 3 is 2.23 bits per heavy atom. The molecule has 0 spiro atoms. The van der Waals surface area contributed by atoms with Crippen LogP contribution in [0.1, 0.15) is 156 Å². The van der Waals surface area contributed by atoms with Crippen LogP contribution in [-0.2, 0) is 26.0 Å². The van der Waals surface area contributed by atoms with Crippen molar-refractivity contribution in [1.82, 2.24) is 5.32 Å². The molecule has 0 bridgehead atoms. The highest BCUT2D eigenvalue weighted by Crippen LogP contribution is 2.76. The molecule has 7 aliphatic carbocycles. The number of alkyl halides is 1. The van der Waals surface area contributed by atoms with E-state index < -0.39 is 33.5 Å². The van der Waals surface area contributed by atoms with Crippen molar-refractivity contribution in [1.29, 1.82) is 0 Å². The Labute approximate surface area is 368 Å². The number of esters is 1. The molecule has 0 aliphatic heterocycles. The number of hydrogen-bond donors (Lipinski definition) is 2. The first-order valence-electron chi connectivity index (χ1n) is 24.2. The van der Waals surface area contributed by atoms with E-state index in [1.54, 1.807) is 0 Å². The van der Waals surface area contributed by atoms with Gasteiger partial charge in [0.1, 0.15) is 23.1 Å². The highest BCUT2D eigenvalue weighted by Gasteiger charge is 2.70. The van der Waals surface area contributed by atoms with E-state index in [1.165, 1.54) is 61.5 Å². The number of hydrogen-bond acceptors (Lipinski definition) is 6. The first-order valence-corrected chi connectivity index (χ1v) is 26.1. The standard InChI is InChI=1S/C53H78FNO5S/c1-36(2)40-20-29-53(55-33-32-52(57)27-18-39(19-28-52)61(8,58)59)31-30-49(6)42(45(40)53)14-15-44-48(5)23-21-41(47(3,4)43(48)22-24-50(44,49)7)38-16-25-51(35-54,26-17-38)46(56)60-34-37-12-10-9-11-13-37/h9-13,16,21,39-40,42-45,55,57H,1,14-15,17-20,22-35H2,2-8H3/t39?,40-,42+,43-,44+,45+,48-,49+,50+,51+,52?,53-/m0/s1. The zero-order valence-electron chi connectivity index (χ0n) is 38.7. The molecule has 0 amide bonds. The summed E-state index contributed by atoms with van der Waals surface area (Å²) < 4.78 is 45.0. The Kier molecular flexibility index (Phi) is 11.9. The number of sulfone groups is 1. The van der Waals surface area contributed by atoms with Crippen LogP contribution < -0.4 is 5.32 Å². The third-order valence-corrected chi connectivity index (χ3v) is 21.7. The topological polar surface area (TPSA) is 92.7 Å². The Morgan fingerprint density at radius 1 is 0.869 bits per heavy atom. The van der Waals surface area contributed by atoms with Crippen molar-refractivity contribution in [3.05, 3.63) is 71.3 Å². The molecule has 1 aromatic rings. The monoisotopic (exact) mass is 860 g/mol. The second kappa shape index (κ2) is 16.0. The van der Waals surface area contributed by atoms with Crippen LogP contribution in [0.4, 0.5) is 4.39 Å². The highest BCUT2D eigenvalue weighted by atomic mass is 32.2. The lowest BCUT2D eigenvalue weighted by Crippen LogP contribution is -2.68. The Bertz CT molecular complexity index is 2020. The first kappa shape index (κ1) is 45.3. The van der Waals surface area contributed by atoms with E-state index in [1.807, 2.05) is 30.3 Å².